The van der Waals surface area contributed by atoms with Crippen LogP contribution in [0.4, 0.5) is 4.39 Å². The summed E-state index contributed by atoms with van der Waals surface area (Å²) in [4.78, 5) is 4.83. The fraction of sp³-hybridized carbons (Fsp3) is 0.471. The fourth-order valence-corrected chi connectivity index (χ4v) is 2.94. The molecule has 0 saturated heterocycles. The van der Waals surface area contributed by atoms with Crippen molar-refractivity contribution in [2.45, 2.75) is 40.2 Å². The van der Waals surface area contributed by atoms with Crippen LogP contribution in [0.3, 0.4) is 0 Å². The first-order valence-corrected chi connectivity index (χ1v) is 7.63. The Morgan fingerprint density at radius 2 is 2.19 bits per heavy atom. The number of imidazole rings is 1. The zero-order valence-electron chi connectivity index (χ0n) is 12.9. The summed E-state index contributed by atoms with van der Waals surface area (Å²) in [6.45, 7) is 8.01. The molecule has 0 bridgehead atoms. The fourth-order valence-electron chi connectivity index (χ4n) is 2.94. The quantitative estimate of drug-likeness (QED) is 0.939. The van der Waals surface area contributed by atoms with Crippen LogP contribution in [0, 0.1) is 18.7 Å². The number of hydrogen-bond acceptors (Lipinski definition) is 2. The van der Waals surface area contributed by atoms with Crippen molar-refractivity contribution in [2.75, 3.05) is 6.54 Å². The molecule has 2 heterocycles. The molecule has 4 heteroatoms. The van der Waals surface area contributed by atoms with Crippen LogP contribution in [0.25, 0.3) is 5.69 Å². The predicted molar refractivity (Wildman–Crippen MR) is 82.2 cm³/mol. The number of hydrogen-bond donors (Lipinski definition) is 1. The van der Waals surface area contributed by atoms with E-state index in [2.05, 4.69) is 23.7 Å². The van der Waals surface area contributed by atoms with Crippen LogP contribution in [-0.4, -0.2) is 16.1 Å². The van der Waals surface area contributed by atoms with Gasteiger partial charge in [0, 0.05) is 37.3 Å². The lowest BCUT2D eigenvalue weighted by molar-refractivity contribution is 0.604. The molecule has 0 radical (unpaired) electrons. The number of rotatable bonds is 3. The van der Waals surface area contributed by atoms with E-state index in [4.69, 9.17) is 4.98 Å². The van der Waals surface area contributed by atoms with Gasteiger partial charge in [-0.3, -0.25) is 0 Å². The molecule has 0 spiro atoms. The number of fused-ring (bicyclic) bond motifs is 1. The summed E-state index contributed by atoms with van der Waals surface area (Å²) in [5, 5.41) is 3.37. The standard InChI is InChI=1S/C17H22FN3/c1-11(2)8-17-20-15-10-19-7-6-16(15)21(17)13-4-5-14(18)12(3)9-13/h4-5,9,11,19H,6-8,10H2,1-3H3. The van der Waals surface area contributed by atoms with Gasteiger partial charge < -0.3 is 9.88 Å². The van der Waals surface area contributed by atoms with E-state index in [0.717, 1.165) is 43.1 Å². The predicted octanol–water partition coefficient (Wildman–Crippen LogP) is 3.16. The van der Waals surface area contributed by atoms with Crippen molar-refractivity contribution in [3.05, 3.63) is 46.8 Å². The zero-order chi connectivity index (χ0) is 15.0. The maximum atomic E-state index is 13.6. The highest BCUT2D eigenvalue weighted by Crippen LogP contribution is 2.24. The summed E-state index contributed by atoms with van der Waals surface area (Å²) >= 11 is 0. The number of halogens is 1. The Morgan fingerprint density at radius 1 is 1.38 bits per heavy atom. The Balaban J connectivity index is 2.13. The van der Waals surface area contributed by atoms with Crippen molar-refractivity contribution in [1.29, 1.82) is 0 Å². The Bertz CT molecular complexity index is 658. The molecule has 112 valence electrons. The first-order valence-electron chi connectivity index (χ1n) is 7.63. The SMILES string of the molecule is Cc1cc(-n2c(CC(C)C)nc3c2CCNC3)ccc1F. The molecule has 3 nitrogen and oxygen atoms in total. The van der Waals surface area contributed by atoms with Gasteiger partial charge in [0.15, 0.2) is 0 Å². The van der Waals surface area contributed by atoms with Crippen molar-refractivity contribution in [2.24, 2.45) is 5.92 Å². The first kappa shape index (κ1) is 14.3. The number of benzene rings is 1. The molecule has 0 aliphatic carbocycles. The van der Waals surface area contributed by atoms with Crippen molar-refractivity contribution in [3.8, 4) is 5.69 Å². The Kier molecular flexibility index (Phi) is 3.81. The Hall–Kier alpha value is -1.68. The van der Waals surface area contributed by atoms with E-state index in [1.807, 2.05) is 19.1 Å². The van der Waals surface area contributed by atoms with Crippen LogP contribution in [0.1, 0.15) is 36.6 Å². The average molecular weight is 287 g/mol. The van der Waals surface area contributed by atoms with E-state index in [-0.39, 0.29) is 5.82 Å². The molecule has 0 fully saturated rings. The lowest BCUT2D eigenvalue weighted by atomic mass is 10.1. The van der Waals surface area contributed by atoms with E-state index in [9.17, 15) is 4.39 Å². The largest absolute Gasteiger partial charge is 0.311 e. The van der Waals surface area contributed by atoms with Crippen LogP contribution in [-0.2, 0) is 19.4 Å². The second-order valence-corrected chi connectivity index (χ2v) is 6.22. The summed E-state index contributed by atoms with van der Waals surface area (Å²) in [6, 6.07) is 5.33. The monoisotopic (exact) mass is 287 g/mol. The molecule has 1 aliphatic heterocycles. The molecule has 2 aromatic rings. The van der Waals surface area contributed by atoms with Gasteiger partial charge >= 0.3 is 0 Å². The van der Waals surface area contributed by atoms with Crippen LogP contribution in [0.15, 0.2) is 18.2 Å². The molecule has 0 unspecified atom stereocenters. The lowest BCUT2D eigenvalue weighted by Crippen LogP contribution is -2.24. The van der Waals surface area contributed by atoms with E-state index in [0.29, 0.717) is 11.5 Å². The number of aryl methyl sites for hydroxylation is 1. The highest BCUT2D eigenvalue weighted by atomic mass is 19.1. The van der Waals surface area contributed by atoms with Gasteiger partial charge in [-0.25, -0.2) is 9.37 Å². The van der Waals surface area contributed by atoms with Crippen LogP contribution < -0.4 is 5.32 Å². The molecule has 0 saturated carbocycles. The normalized spacial score (nSPS) is 14.5. The highest BCUT2D eigenvalue weighted by molar-refractivity contribution is 5.41. The average Bonchev–Trinajstić information content (AvgIpc) is 2.79. The summed E-state index contributed by atoms with van der Waals surface area (Å²) in [6.07, 6.45) is 1.90. The molecule has 0 amide bonds. The summed E-state index contributed by atoms with van der Waals surface area (Å²) in [5.41, 5.74) is 4.12. The molecule has 1 aliphatic rings. The molecule has 21 heavy (non-hydrogen) atoms. The van der Waals surface area contributed by atoms with Gasteiger partial charge in [-0.05, 0) is 36.6 Å². The van der Waals surface area contributed by atoms with Gasteiger partial charge in [0.25, 0.3) is 0 Å². The minimum atomic E-state index is -0.153. The Morgan fingerprint density at radius 3 is 2.90 bits per heavy atom. The van der Waals surface area contributed by atoms with E-state index >= 15 is 0 Å². The smallest absolute Gasteiger partial charge is 0.126 e. The highest BCUT2D eigenvalue weighted by Gasteiger charge is 2.21. The Labute approximate surface area is 125 Å². The van der Waals surface area contributed by atoms with Crippen LogP contribution >= 0.6 is 0 Å². The second kappa shape index (κ2) is 5.60. The second-order valence-electron chi connectivity index (χ2n) is 6.22. The maximum absolute atomic E-state index is 13.6. The maximum Gasteiger partial charge on any atom is 0.126 e. The minimum absolute atomic E-state index is 0.153. The van der Waals surface area contributed by atoms with Gasteiger partial charge in [-0.2, -0.15) is 0 Å². The van der Waals surface area contributed by atoms with Crippen LogP contribution in [0.5, 0.6) is 0 Å². The van der Waals surface area contributed by atoms with Gasteiger partial charge in [0.1, 0.15) is 11.6 Å². The van der Waals surface area contributed by atoms with Gasteiger partial charge in [0.2, 0.25) is 0 Å². The molecular weight excluding hydrogens is 265 g/mol. The van der Waals surface area contributed by atoms with Crippen molar-refractivity contribution >= 4 is 0 Å². The summed E-state index contributed by atoms with van der Waals surface area (Å²) in [5.74, 6) is 1.48. The van der Waals surface area contributed by atoms with Crippen molar-refractivity contribution in [1.82, 2.24) is 14.9 Å². The third-order valence-electron chi connectivity index (χ3n) is 3.95. The molecule has 0 atom stereocenters. The summed E-state index contributed by atoms with van der Waals surface area (Å²) < 4.78 is 15.8. The molecule has 1 aromatic heterocycles. The topological polar surface area (TPSA) is 29.9 Å². The molecule has 3 rings (SSSR count). The van der Waals surface area contributed by atoms with Crippen LogP contribution in [0.2, 0.25) is 0 Å². The number of nitrogens with zero attached hydrogens (tertiary/aromatic N) is 2. The van der Waals surface area contributed by atoms with Gasteiger partial charge in [0.05, 0.1) is 5.69 Å². The summed E-state index contributed by atoms with van der Waals surface area (Å²) in [7, 11) is 0. The number of aromatic nitrogens is 2. The molecule has 1 N–H and O–H groups in total. The third kappa shape index (κ3) is 2.72. The van der Waals surface area contributed by atoms with Gasteiger partial charge in [-0.1, -0.05) is 13.8 Å². The van der Waals surface area contributed by atoms with Crippen molar-refractivity contribution in [3.63, 3.8) is 0 Å². The molecule has 1 aromatic carbocycles. The lowest BCUT2D eigenvalue weighted by Gasteiger charge is -2.17. The number of nitrogens with one attached hydrogen (secondary N) is 1. The minimum Gasteiger partial charge on any atom is -0.311 e. The van der Waals surface area contributed by atoms with E-state index in [1.54, 1.807) is 6.07 Å². The van der Waals surface area contributed by atoms with Gasteiger partial charge in [-0.15, -0.1) is 0 Å². The van der Waals surface area contributed by atoms with Crippen molar-refractivity contribution < 1.29 is 4.39 Å². The van der Waals surface area contributed by atoms with E-state index in [1.165, 1.54) is 5.69 Å². The third-order valence-corrected chi connectivity index (χ3v) is 3.95. The zero-order valence-corrected chi connectivity index (χ0v) is 12.9. The van der Waals surface area contributed by atoms with E-state index < -0.39 is 0 Å². The first-order chi connectivity index (χ1) is 10.1. The molecular formula is C17H22FN3.